The number of aromatic amines is 1. The van der Waals surface area contributed by atoms with Crippen molar-refractivity contribution in [2.75, 3.05) is 26.2 Å². The van der Waals surface area contributed by atoms with Crippen molar-refractivity contribution < 1.29 is 9.80 Å². The van der Waals surface area contributed by atoms with Crippen LogP contribution in [0.2, 0.25) is 0 Å². The number of thiophene rings is 1. The molecule has 0 bridgehead atoms. The standard InChI is InChI=1S/C22H26N4OS/c1-15-4-2-5-16(12-15)13-25-8-10-26(11-9-25)14-19-23-21(27)20-17-6-3-7-18(17)28-22(20)24-19/h2,4-5,12H,3,6-11,13-14H2,1H3,(H,23,24,27)/p+2. The summed E-state index contributed by atoms with van der Waals surface area (Å²) in [7, 11) is 0. The summed E-state index contributed by atoms with van der Waals surface area (Å²) in [6.07, 6.45) is 3.33. The van der Waals surface area contributed by atoms with E-state index in [-0.39, 0.29) is 5.56 Å². The number of rotatable bonds is 4. The van der Waals surface area contributed by atoms with Gasteiger partial charge < -0.3 is 14.8 Å². The number of nitrogens with one attached hydrogen (secondary N) is 3. The molecule has 3 N–H and O–H groups in total. The second-order valence-electron chi connectivity index (χ2n) is 8.39. The van der Waals surface area contributed by atoms with Crippen molar-refractivity contribution in [2.24, 2.45) is 0 Å². The molecule has 28 heavy (non-hydrogen) atoms. The average Bonchev–Trinajstić information content (AvgIpc) is 3.24. The molecule has 1 fully saturated rings. The summed E-state index contributed by atoms with van der Waals surface area (Å²) >= 11 is 1.74. The molecule has 1 saturated heterocycles. The number of H-pyrrole nitrogens is 1. The molecule has 2 aliphatic rings. The number of quaternary nitrogens is 2. The van der Waals surface area contributed by atoms with E-state index in [0.29, 0.717) is 0 Å². The van der Waals surface area contributed by atoms with E-state index >= 15 is 0 Å². The molecule has 0 amide bonds. The van der Waals surface area contributed by atoms with Crippen LogP contribution in [0.25, 0.3) is 10.2 Å². The first-order chi connectivity index (χ1) is 13.7. The third-order valence-corrected chi connectivity index (χ3v) is 7.43. The third kappa shape index (κ3) is 3.52. The number of piperazine rings is 1. The molecule has 0 radical (unpaired) electrons. The van der Waals surface area contributed by atoms with Gasteiger partial charge in [0.2, 0.25) is 0 Å². The Labute approximate surface area is 169 Å². The van der Waals surface area contributed by atoms with Crippen LogP contribution < -0.4 is 15.4 Å². The molecule has 1 aliphatic carbocycles. The normalized spacial score (nSPS) is 21.9. The minimum atomic E-state index is 0.0718. The Balaban J connectivity index is 1.24. The Morgan fingerprint density at radius 2 is 1.89 bits per heavy atom. The van der Waals surface area contributed by atoms with Gasteiger partial charge in [0.05, 0.1) is 5.39 Å². The molecule has 1 aliphatic heterocycles. The van der Waals surface area contributed by atoms with E-state index in [1.54, 1.807) is 16.2 Å². The lowest BCUT2D eigenvalue weighted by Gasteiger charge is -2.29. The minimum Gasteiger partial charge on any atom is -0.322 e. The fraction of sp³-hybridized carbons (Fsp3) is 0.455. The fourth-order valence-electron chi connectivity index (χ4n) is 4.79. The number of aromatic nitrogens is 2. The van der Waals surface area contributed by atoms with E-state index < -0.39 is 0 Å². The van der Waals surface area contributed by atoms with Gasteiger partial charge in [0.15, 0.2) is 5.82 Å². The van der Waals surface area contributed by atoms with Crippen LogP contribution in [0.15, 0.2) is 29.1 Å². The third-order valence-electron chi connectivity index (χ3n) is 6.24. The monoisotopic (exact) mass is 396 g/mol. The van der Waals surface area contributed by atoms with Gasteiger partial charge in [0.25, 0.3) is 5.56 Å². The molecule has 0 atom stereocenters. The van der Waals surface area contributed by atoms with Gasteiger partial charge >= 0.3 is 0 Å². The number of hydrogen-bond donors (Lipinski definition) is 3. The van der Waals surface area contributed by atoms with E-state index in [0.717, 1.165) is 55.1 Å². The second-order valence-corrected chi connectivity index (χ2v) is 9.48. The quantitative estimate of drug-likeness (QED) is 0.593. The highest BCUT2D eigenvalue weighted by molar-refractivity contribution is 7.18. The summed E-state index contributed by atoms with van der Waals surface area (Å²) in [6, 6.07) is 8.86. The molecule has 0 unspecified atom stereocenters. The van der Waals surface area contributed by atoms with E-state index in [2.05, 4.69) is 36.2 Å². The highest BCUT2D eigenvalue weighted by Gasteiger charge is 2.25. The molecule has 3 aromatic rings. The van der Waals surface area contributed by atoms with Crippen molar-refractivity contribution in [3.63, 3.8) is 0 Å². The van der Waals surface area contributed by atoms with E-state index in [9.17, 15) is 4.79 Å². The Morgan fingerprint density at radius 1 is 1.11 bits per heavy atom. The highest BCUT2D eigenvalue weighted by atomic mass is 32.1. The Morgan fingerprint density at radius 3 is 2.68 bits per heavy atom. The number of fused-ring (bicyclic) bond motifs is 3. The topological polar surface area (TPSA) is 54.6 Å². The minimum absolute atomic E-state index is 0.0718. The summed E-state index contributed by atoms with van der Waals surface area (Å²) in [4.78, 5) is 26.1. The molecule has 5 rings (SSSR count). The number of nitrogens with zero attached hydrogens (tertiary/aromatic N) is 1. The smallest absolute Gasteiger partial charge is 0.260 e. The molecule has 5 nitrogen and oxygen atoms in total. The summed E-state index contributed by atoms with van der Waals surface area (Å²) in [5.74, 6) is 0.856. The van der Waals surface area contributed by atoms with Gasteiger partial charge in [-0.25, -0.2) is 4.98 Å². The van der Waals surface area contributed by atoms with Crippen molar-refractivity contribution in [3.05, 3.63) is 62.0 Å². The second kappa shape index (κ2) is 7.43. The lowest BCUT2D eigenvalue weighted by molar-refractivity contribution is -1.02. The summed E-state index contributed by atoms with van der Waals surface area (Å²) < 4.78 is 0. The molecule has 3 heterocycles. The zero-order chi connectivity index (χ0) is 19.1. The highest BCUT2D eigenvalue weighted by Crippen LogP contribution is 2.34. The van der Waals surface area contributed by atoms with Gasteiger partial charge in [-0.2, -0.15) is 0 Å². The van der Waals surface area contributed by atoms with E-state index in [1.165, 1.54) is 46.0 Å². The van der Waals surface area contributed by atoms with Crippen LogP contribution in [0.5, 0.6) is 0 Å². The van der Waals surface area contributed by atoms with Gasteiger partial charge in [-0.05, 0) is 31.7 Å². The van der Waals surface area contributed by atoms with Crippen molar-refractivity contribution in [1.82, 2.24) is 9.97 Å². The van der Waals surface area contributed by atoms with Crippen molar-refractivity contribution in [2.45, 2.75) is 39.3 Å². The van der Waals surface area contributed by atoms with Gasteiger partial charge in [0.1, 0.15) is 44.1 Å². The maximum absolute atomic E-state index is 12.6. The number of hydrogen-bond acceptors (Lipinski definition) is 3. The van der Waals surface area contributed by atoms with Gasteiger partial charge in [-0.1, -0.05) is 29.8 Å². The van der Waals surface area contributed by atoms with Crippen molar-refractivity contribution in [3.8, 4) is 0 Å². The molecule has 1 aromatic carbocycles. The van der Waals surface area contributed by atoms with Crippen LogP contribution in [-0.2, 0) is 25.9 Å². The predicted molar refractivity (Wildman–Crippen MR) is 112 cm³/mol. The van der Waals surface area contributed by atoms with Gasteiger partial charge in [-0.15, -0.1) is 11.3 Å². The van der Waals surface area contributed by atoms with Crippen LogP contribution in [0.4, 0.5) is 0 Å². The first-order valence-corrected chi connectivity index (χ1v) is 11.2. The molecule has 2 aromatic heterocycles. The maximum Gasteiger partial charge on any atom is 0.260 e. The van der Waals surface area contributed by atoms with Crippen LogP contribution >= 0.6 is 11.3 Å². The first kappa shape index (κ1) is 18.0. The summed E-state index contributed by atoms with van der Waals surface area (Å²) in [5.41, 5.74) is 4.11. The molecule has 0 saturated carbocycles. The molecular formula is C22H28N4OS+2. The zero-order valence-electron chi connectivity index (χ0n) is 16.4. The SMILES string of the molecule is Cc1cccc(C[NH+]2CC[NH+](Cc3nc4sc5c(c4c(=O)[nH]3)CCC5)CC2)c1. The Hall–Kier alpha value is -2.02. The zero-order valence-corrected chi connectivity index (χ0v) is 17.3. The van der Waals surface area contributed by atoms with Gasteiger partial charge in [-0.3, -0.25) is 4.79 Å². The maximum atomic E-state index is 12.6. The lowest BCUT2D eigenvalue weighted by atomic mass is 10.1. The van der Waals surface area contributed by atoms with Crippen LogP contribution in [0.3, 0.4) is 0 Å². The molecule has 146 valence electrons. The van der Waals surface area contributed by atoms with Crippen molar-refractivity contribution in [1.29, 1.82) is 0 Å². The largest absolute Gasteiger partial charge is 0.322 e. The molecular weight excluding hydrogens is 368 g/mol. The molecule has 6 heteroatoms. The number of benzene rings is 1. The van der Waals surface area contributed by atoms with E-state index in [4.69, 9.17) is 4.98 Å². The summed E-state index contributed by atoms with van der Waals surface area (Å²) in [6.45, 7) is 8.69. The average molecular weight is 397 g/mol. The summed E-state index contributed by atoms with van der Waals surface area (Å²) in [5, 5.41) is 0.865. The lowest BCUT2D eigenvalue weighted by Crippen LogP contribution is -3.27. The van der Waals surface area contributed by atoms with Crippen molar-refractivity contribution >= 4 is 21.6 Å². The van der Waals surface area contributed by atoms with E-state index in [1.807, 2.05) is 0 Å². The number of aryl methyl sites for hydroxylation is 3. The van der Waals surface area contributed by atoms with Crippen LogP contribution in [0, 0.1) is 6.92 Å². The van der Waals surface area contributed by atoms with Crippen LogP contribution in [0.1, 0.15) is 33.8 Å². The Kier molecular flexibility index (Phi) is 4.78. The first-order valence-electron chi connectivity index (χ1n) is 10.4. The Bertz CT molecular complexity index is 1060. The van der Waals surface area contributed by atoms with Crippen LogP contribution in [-0.4, -0.2) is 36.1 Å². The predicted octanol–water partition coefficient (Wildman–Crippen LogP) is 0.265. The fourth-order valence-corrected chi connectivity index (χ4v) is 6.07. The molecule has 0 spiro atoms. The van der Waals surface area contributed by atoms with Gasteiger partial charge in [0, 0.05) is 10.4 Å².